The summed E-state index contributed by atoms with van der Waals surface area (Å²) in [6.07, 6.45) is 0. The van der Waals surface area contributed by atoms with E-state index >= 15 is 0 Å². The minimum atomic E-state index is -0.385. The lowest BCUT2D eigenvalue weighted by atomic mass is 9.97. The Morgan fingerprint density at radius 3 is 1.62 bits per heavy atom. The van der Waals surface area contributed by atoms with E-state index < -0.39 is 0 Å². The second-order valence-electron chi connectivity index (χ2n) is 15.5. The van der Waals surface area contributed by atoms with E-state index in [-0.39, 0.29) is 63.8 Å². The molecule has 0 unspecified atom stereocenters. The van der Waals surface area contributed by atoms with Gasteiger partial charge in [-0.2, -0.15) is 0 Å². The van der Waals surface area contributed by atoms with Crippen LogP contribution in [0.2, 0.25) is 0 Å². The first-order valence-electron chi connectivity index (χ1n) is 23.7. The molecule has 13 aromatic rings. The SMILES string of the molecule is [2H]c1cc([2H])c2oc3c(-c4cc(-c5nc(-c6ccccc6)nc(-c6ccccc6)n5)ccc4-n4c5ccccc5c5ccc6c7ccccc7n(-c7ccccc7)c6c54)c([2H])c([2H])c([2H])c3c2c1[2H]. The third-order valence-corrected chi connectivity index (χ3v) is 11.9. The van der Waals surface area contributed by atoms with Gasteiger partial charge in [-0.25, -0.2) is 15.0 Å². The lowest BCUT2D eigenvalue weighted by Crippen LogP contribution is -2.03. The summed E-state index contributed by atoms with van der Waals surface area (Å²) in [6.45, 7) is 0. The van der Waals surface area contributed by atoms with Crippen molar-refractivity contribution in [2.24, 2.45) is 0 Å². The molecular formula is C57H35N5O. The number of aromatic nitrogens is 5. The van der Waals surface area contributed by atoms with Crippen molar-refractivity contribution in [1.82, 2.24) is 24.1 Å². The fraction of sp³-hybridized carbons (Fsp3) is 0. The molecule has 0 spiro atoms. The molecule has 63 heavy (non-hydrogen) atoms. The highest BCUT2D eigenvalue weighted by molar-refractivity contribution is 6.24. The van der Waals surface area contributed by atoms with Crippen LogP contribution in [0.5, 0.6) is 0 Å². The van der Waals surface area contributed by atoms with Gasteiger partial charge in [0, 0.05) is 65.8 Å². The molecule has 0 amide bonds. The van der Waals surface area contributed by atoms with Crippen molar-refractivity contribution >= 4 is 65.6 Å². The maximum atomic E-state index is 9.79. The molecule has 0 aliphatic rings. The molecule has 294 valence electrons. The average molecular weight is 812 g/mol. The molecular weight excluding hydrogens is 771 g/mol. The van der Waals surface area contributed by atoms with E-state index in [1.165, 1.54) is 6.07 Å². The fourth-order valence-electron chi connectivity index (χ4n) is 9.16. The highest BCUT2D eigenvalue weighted by atomic mass is 16.3. The Labute approximate surface area is 370 Å². The van der Waals surface area contributed by atoms with Crippen LogP contribution >= 0.6 is 0 Å². The van der Waals surface area contributed by atoms with Crippen LogP contribution in [0.4, 0.5) is 0 Å². The molecule has 9 aromatic carbocycles. The highest BCUT2D eigenvalue weighted by Gasteiger charge is 2.25. The van der Waals surface area contributed by atoms with Crippen molar-refractivity contribution in [1.29, 1.82) is 0 Å². The Balaban J connectivity index is 1.21. The lowest BCUT2D eigenvalue weighted by Gasteiger charge is -2.17. The number of fused-ring (bicyclic) bond motifs is 10. The van der Waals surface area contributed by atoms with Gasteiger partial charge in [-0.3, -0.25) is 0 Å². The molecule has 0 saturated carbocycles. The smallest absolute Gasteiger partial charge is 0.164 e. The zero-order chi connectivity index (χ0) is 46.7. The van der Waals surface area contributed by atoms with Crippen molar-refractivity contribution in [3.8, 4) is 56.7 Å². The summed E-state index contributed by atoms with van der Waals surface area (Å²) in [5, 5.41) is 4.29. The van der Waals surface area contributed by atoms with E-state index in [9.17, 15) is 4.11 Å². The van der Waals surface area contributed by atoms with Crippen molar-refractivity contribution in [2.75, 3.05) is 0 Å². The number of hydrogen-bond donors (Lipinski definition) is 0. The molecule has 6 nitrogen and oxygen atoms in total. The Morgan fingerprint density at radius 1 is 0.397 bits per heavy atom. The molecule has 0 atom stereocenters. The summed E-state index contributed by atoms with van der Waals surface area (Å²) in [4.78, 5) is 15.1. The van der Waals surface area contributed by atoms with Gasteiger partial charge in [0.2, 0.25) is 0 Å². The molecule has 0 bridgehead atoms. The largest absolute Gasteiger partial charge is 0.455 e. The summed E-state index contributed by atoms with van der Waals surface area (Å²) in [7, 11) is 0. The van der Waals surface area contributed by atoms with E-state index in [0.29, 0.717) is 34.3 Å². The molecule has 6 heteroatoms. The van der Waals surface area contributed by atoms with Gasteiger partial charge in [0.1, 0.15) is 11.2 Å². The second-order valence-corrected chi connectivity index (χ2v) is 15.5. The topological polar surface area (TPSA) is 61.7 Å². The molecule has 4 heterocycles. The molecule has 0 saturated heterocycles. The number of rotatable bonds is 6. The summed E-state index contributed by atoms with van der Waals surface area (Å²) < 4.78 is 66.0. The highest BCUT2D eigenvalue weighted by Crippen LogP contribution is 2.45. The van der Waals surface area contributed by atoms with Gasteiger partial charge in [-0.15, -0.1) is 0 Å². The average Bonchev–Trinajstić information content (AvgIpc) is 4.07. The Morgan fingerprint density at radius 2 is 0.952 bits per heavy atom. The summed E-state index contributed by atoms with van der Waals surface area (Å²) in [5.74, 6) is 1.29. The van der Waals surface area contributed by atoms with Gasteiger partial charge in [0.25, 0.3) is 0 Å². The summed E-state index contributed by atoms with van der Waals surface area (Å²) in [5.41, 5.74) is 8.29. The third-order valence-electron chi connectivity index (χ3n) is 11.9. The molecule has 0 fully saturated rings. The minimum absolute atomic E-state index is 0.00637. The third kappa shape index (κ3) is 5.48. The van der Waals surface area contributed by atoms with Crippen LogP contribution in [0.1, 0.15) is 8.22 Å². The van der Waals surface area contributed by atoms with Crippen LogP contribution < -0.4 is 0 Å². The first-order chi connectivity index (χ1) is 33.7. The van der Waals surface area contributed by atoms with E-state index in [1.807, 2.05) is 109 Å². The Bertz CT molecular complexity index is 4210. The van der Waals surface area contributed by atoms with Crippen LogP contribution in [-0.4, -0.2) is 24.1 Å². The number of benzene rings is 9. The molecule has 4 aromatic heterocycles. The van der Waals surface area contributed by atoms with Crippen molar-refractivity contribution in [3.63, 3.8) is 0 Å². The van der Waals surface area contributed by atoms with Gasteiger partial charge >= 0.3 is 0 Å². The second kappa shape index (κ2) is 14.0. The standard InChI is InChI=1S/C57H35N5O/c1-4-17-36(18-5-1)55-58-56(37-19-6-2-7-20-37)60-57(59-55)38-31-34-50(47(35-38)46-27-16-26-45-42-25-12-15-30-51(42)63-54(45)46)62-49-29-14-11-24-41(49)44-33-32-43-40-23-10-13-28-48(40)61(52(43)53(44)62)39-21-8-3-9-22-39/h1-35H/i12D,16D,25D,26D,27D,30D. The van der Waals surface area contributed by atoms with Crippen molar-refractivity contribution in [2.45, 2.75) is 0 Å². The van der Waals surface area contributed by atoms with Crippen molar-refractivity contribution in [3.05, 3.63) is 212 Å². The minimum Gasteiger partial charge on any atom is -0.455 e. The monoisotopic (exact) mass is 811 g/mol. The lowest BCUT2D eigenvalue weighted by molar-refractivity contribution is 0.670. The number of nitrogens with zero attached hydrogens (tertiary/aromatic N) is 5. The number of para-hydroxylation sites is 5. The van der Waals surface area contributed by atoms with Crippen LogP contribution in [0.15, 0.2) is 217 Å². The van der Waals surface area contributed by atoms with Gasteiger partial charge in [-0.05, 0) is 48.5 Å². The van der Waals surface area contributed by atoms with Gasteiger partial charge < -0.3 is 13.6 Å². The predicted molar refractivity (Wildman–Crippen MR) is 258 cm³/mol. The molecule has 0 aliphatic heterocycles. The zero-order valence-corrected chi connectivity index (χ0v) is 33.4. The molecule has 13 rings (SSSR count). The van der Waals surface area contributed by atoms with E-state index in [1.54, 1.807) is 0 Å². The zero-order valence-electron chi connectivity index (χ0n) is 39.4. The molecule has 0 radical (unpaired) electrons. The number of furan rings is 1. The maximum Gasteiger partial charge on any atom is 0.164 e. The quantitative estimate of drug-likeness (QED) is 0.168. The van der Waals surface area contributed by atoms with Crippen LogP contribution in [-0.2, 0) is 0 Å². The summed E-state index contributed by atoms with van der Waals surface area (Å²) >= 11 is 0. The Kier molecular flexibility index (Phi) is 6.56. The molecule has 0 aliphatic carbocycles. The van der Waals surface area contributed by atoms with Crippen LogP contribution in [0.3, 0.4) is 0 Å². The van der Waals surface area contributed by atoms with E-state index in [4.69, 9.17) is 23.5 Å². The normalized spacial score (nSPS) is 13.1. The Hall–Kier alpha value is -8.61. The van der Waals surface area contributed by atoms with Gasteiger partial charge in [0.15, 0.2) is 17.5 Å². The first kappa shape index (κ1) is 29.6. The first-order valence-corrected chi connectivity index (χ1v) is 20.7. The van der Waals surface area contributed by atoms with Gasteiger partial charge in [-0.1, -0.05) is 164 Å². The van der Waals surface area contributed by atoms with Crippen LogP contribution in [0.25, 0.3) is 122 Å². The number of hydrogen-bond acceptors (Lipinski definition) is 4. The molecule has 0 N–H and O–H groups in total. The summed E-state index contributed by atoms with van der Waals surface area (Å²) in [6, 6.07) is 56.2. The van der Waals surface area contributed by atoms with Gasteiger partial charge in [0.05, 0.1) is 36.0 Å². The van der Waals surface area contributed by atoms with Crippen LogP contribution in [0, 0.1) is 0 Å². The van der Waals surface area contributed by atoms with Crippen molar-refractivity contribution < 1.29 is 12.6 Å². The predicted octanol–water partition coefficient (Wildman–Crippen LogP) is 14.6. The fourth-order valence-corrected chi connectivity index (χ4v) is 9.16. The van der Waals surface area contributed by atoms with E-state index in [0.717, 1.165) is 60.4 Å². The maximum absolute atomic E-state index is 9.79. The van der Waals surface area contributed by atoms with E-state index in [2.05, 4.69) is 69.8 Å².